The number of halogens is 6. The Morgan fingerprint density at radius 2 is 1.77 bits per heavy atom. The topological polar surface area (TPSA) is 64.2 Å². The predicted octanol–water partition coefficient (Wildman–Crippen LogP) is 3.83. The SMILES string of the molecule is O=[N+]([O-])c1ccccc1CN(Cn1ccc(C(F)(F)F)n1)CC(F)(F)F. The molecule has 1 aromatic carbocycles. The Morgan fingerprint density at radius 1 is 1.12 bits per heavy atom. The number of aromatic nitrogens is 2. The van der Waals surface area contributed by atoms with Gasteiger partial charge in [0.2, 0.25) is 0 Å². The summed E-state index contributed by atoms with van der Waals surface area (Å²) in [6.45, 7) is -2.58. The van der Waals surface area contributed by atoms with Crippen molar-refractivity contribution in [3.8, 4) is 0 Å². The van der Waals surface area contributed by atoms with E-state index in [-0.39, 0.29) is 11.3 Å². The van der Waals surface area contributed by atoms with Crippen LogP contribution < -0.4 is 0 Å². The van der Waals surface area contributed by atoms with E-state index < -0.39 is 42.7 Å². The fourth-order valence-electron chi connectivity index (χ4n) is 2.27. The molecule has 0 bridgehead atoms. The lowest BCUT2D eigenvalue weighted by atomic mass is 10.1. The van der Waals surface area contributed by atoms with Crippen molar-refractivity contribution in [1.29, 1.82) is 0 Å². The van der Waals surface area contributed by atoms with E-state index in [1.807, 2.05) is 0 Å². The number of nitro groups is 1. The second-order valence-electron chi connectivity index (χ2n) is 5.37. The smallest absolute Gasteiger partial charge is 0.271 e. The van der Waals surface area contributed by atoms with Crippen molar-refractivity contribution in [3.05, 3.63) is 57.9 Å². The first kappa shape index (κ1) is 19.7. The lowest BCUT2D eigenvalue weighted by Crippen LogP contribution is -2.35. The number of hydrogen-bond acceptors (Lipinski definition) is 4. The number of alkyl halides is 6. The van der Waals surface area contributed by atoms with Gasteiger partial charge in [0.15, 0.2) is 5.69 Å². The van der Waals surface area contributed by atoms with Crippen LogP contribution in [0.3, 0.4) is 0 Å². The minimum atomic E-state index is -4.72. The molecule has 0 amide bonds. The molecule has 1 aromatic heterocycles. The average molecular weight is 382 g/mol. The van der Waals surface area contributed by atoms with Crippen molar-refractivity contribution < 1.29 is 31.3 Å². The maximum Gasteiger partial charge on any atom is 0.435 e. The number of nitro benzene ring substituents is 1. The Morgan fingerprint density at radius 3 is 2.31 bits per heavy atom. The van der Waals surface area contributed by atoms with Gasteiger partial charge in [-0.3, -0.25) is 19.7 Å². The van der Waals surface area contributed by atoms with Crippen LogP contribution in [0.2, 0.25) is 0 Å². The van der Waals surface area contributed by atoms with Gasteiger partial charge in [-0.25, -0.2) is 0 Å². The molecule has 0 unspecified atom stereocenters. The van der Waals surface area contributed by atoms with Crippen LogP contribution in [0.5, 0.6) is 0 Å². The zero-order valence-corrected chi connectivity index (χ0v) is 13.0. The molecule has 0 radical (unpaired) electrons. The number of hydrogen-bond donors (Lipinski definition) is 0. The van der Waals surface area contributed by atoms with Crippen LogP contribution in [-0.2, 0) is 19.4 Å². The molecule has 2 rings (SSSR count). The average Bonchev–Trinajstić information content (AvgIpc) is 2.94. The van der Waals surface area contributed by atoms with Crippen molar-refractivity contribution in [2.45, 2.75) is 25.6 Å². The Kier molecular flexibility index (Phi) is 5.54. The van der Waals surface area contributed by atoms with Gasteiger partial charge in [0.25, 0.3) is 5.69 Å². The molecule has 6 nitrogen and oxygen atoms in total. The quantitative estimate of drug-likeness (QED) is 0.433. The summed E-state index contributed by atoms with van der Waals surface area (Å²) in [5.74, 6) is 0. The molecule has 0 N–H and O–H groups in total. The standard InChI is InChI=1S/C14H12F6N4O2/c15-13(16,17)8-22(7-10-3-1-2-4-11(10)24(25)26)9-23-6-5-12(21-23)14(18,19)20/h1-6H,7-9H2. The Hall–Kier alpha value is -2.63. The first-order valence-electron chi connectivity index (χ1n) is 7.08. The van der Waals surface area contributed by atoms with Crippen molar-refractivity contribution in [2.75, 3.05) is 6.54 Å². The summed E-state index contributed by atoms with van der Waals surface area (Å²) in [7, 11) is 0. The molecule has 1 heterocycles. The Labute approximate surface area is 142 Å². The number of nitrogens with zero attached hydrogens (tertiary/aromatic N) is 4. The highest BCUT2D eigenvalue weighted by Gasteiger charge is 2.35. The highest BCUT2D eigenvalue weighted by atomic mass is 19.4. The summed E-state index contributed by atoms with van der Waals surface area (Å²) >= 11 is 0. The van der Waals surface area contributed by atoms with Gasteiger partial charge in [0.05, 0.1) is 18.1 Å². The van der Waals surface area contributed by atoms with Crippen LogP contribution in [0.1, 0.15) is 11.3 Å². The second kappa shape index (κ2) is 7.32. The number of para-hydroxylation sites is 1. The highest BCUT2D eigenvalue weighted by molar-refractivity contribution is 5.39. The third kappa shape index (κ3) is 5.44. The van der Waals surface area contributed by atoms with Gasteiger partial charge in [-0.15, -0.1) is 0 Å². The molecule has 0 aliphatic heterocycles. The van der Waals surface area contributed by atoms with Crippen LogP contribution in [0.4, 0.5) is 32.0 Å². The minimum absolute atomic E-state index is 0.00458. The molecule has 2 aromatic rings. The van der Waals surface area contributed by atoms with Gasteiger partial charge in [-0.2, -0.15) is 31.4 Å². The molecule has 0 spiro atoms. The van der Waals surface area contributed by atoms with E-state index in [9.17, 15) is 36.5 Å². The number of rotatable bonds is 6. The van der Waals surface area contributed by atoms with Gasteiger partial charge >= 0.3 is 12.4 Å². The van der Waals surface area contributed by atoms with E-state index in [4.69, 9.17) is 0 Å². The molecule has 0 atom stereocenters. The summed E-state index contributed by atoms with van der Waals surface area (Å²) in [4.78, 5) is 11.0. The molecular weight excluding hydrogens is 370 g/mol. The van der Waals surface area contributed by atoms with Crippen LogP contribution in [0.25, 0.3) is 0 Å². The van der Waals surface area contributed by atoms with Crippen LogP contribution in [0, 0.1) is 10.1 Å². The van der Waals surface area contributed by atoms with Gasteiger partial charge in [0.1, 0.15) is 0 Å². The summed E-state index contributed by atoms with van der Waals surface area (Å²) in [5, 5.41) is 14.2. The van der Waals surface area contributed by atoms with Gasteiger partial charge < -0.3 is 0 Å². The van der Waals surface area contributed by atoms with Gasteiger partial charge in [-0.1, -0.05) is 18.2 Å². The lowest BCUT2D eigenvalue weighted by molar-refractivity contribution is -0.385. The zero-order chi connectivity index (χ0) is 19.5. The second-order valence-corrected chi connectivity index (χ2v) is 5.37. The first-order valence-corrected chi connectivity index (χ1v) is 7.08. The maximum absolute atomic E-state index is 12.8. The predicted molar refractivity (Wildman–Crippen MR) is 76.8 cm³/mol. The fourth-order valence-corrected chi connectivity index (χ4v) is 2.27. The molecule has 26 heavy (non-hydrogen) atoms. The third-order valence-corrected chi connectivity index (χ3v) is 3.26. The van der Waals surface area contributed by atoms with Crippen molar-refractivity contribution in [2.24, 2.45) is 0 Å². The van der Waals surface area contributed by atoms with Crippen molar-refractivity contribution >= 4 is 5.69 Å². The van der Waals surface area contributed by atoms with Crippen LogP contribution >= 0.6 is 0 Å². The molecule has 0 fully saturated rings. The lowest BCUT2D eigenvalue weighted by Gasteiger charge is -2.23. The summed E-state index contributed by atoms with van der Waals surface area (Å²) in [6, 6.07) is 5.84. The molecule has 0 aliphatic rings. The summed E-state index contributed by atoms with van der Waals surface area (Å²) < 4.78 is 76.7. The van der Waals surface area contributed by atoms with E-state index in [0.717, 1.165) is 17.2 Å². The molecule has 0 saturated carbocycles. The van der Waals surface area contributed by atoms with E-state index in [0.29, 0.717) is 10.7 Å². The molecule has 12 heteroatoms. The Bertz CT molecular complexity index is 771. The summed E-state index contributed by atoms with van der Waals surface area (Å²) in [5.41, 5.74) is -1.61. The van der Waals surface area contributed by atoms with E-state index in [2.05, 4.69) is 5.10 Å². The van der Waals surface area contributed by atoms with Crippen LogP contribution in [-0.4, -0.2) is 32.3 Å². The largest absolute Gasteiger partial charge is 0.435 e. The first-order chi connectivity index (χ1) is 12.0. The number of benzene rings is 1. The van der Waals surface area contributed by atoms with Crippen molar-refractivity contribution in [1.82, 2.24) is 14.7 Å². The Balaban J connectivity index is 2.24. The van der Waals surface area contributed by atoms with Gasteiger partial charge in [0, 0.05) is 24.4 Å². The van der Waals surface area contributed by atoms with Crippen LogP contribution in [0.15, 0.2) is 36.5 Å². The van der Waals surface area contributed by atoms with Gasteiger partial charge in [-0.05, 0) is 6.07 Å². The summed E-state index contributed by atoms with van der Waals surface area (Å²) in [6.07, 6.45) is -8.48. The minimum Gasteiger partial charge on any atom is -0.271 e. The highest BCUT2D eigenvalue weighted by Crippen LogP contribution is 2.28. The molecule has 0 saturated heterocycles. The molecule has 142 valence electrons. The monoisotopic (exact) mass is 382 g/mol. The van der Waals surface area contributed by atoms with E-state index in [1.165, 1.54) is 18.2 Å². The molecular formula is C14H12F6N4O2. The normalized spacial score (nSPS) is 12.6. The van der Waals surface area contributed by atoms with E-state index in [1.54, 1.807) is 0 Å². The third-order valence-electron chi connectivity index (χ3n) is 3.26. The maximum atomic E-state index is 12.8. The van der Waals surface area contributed by atoms with Crippen molar-refractivity contribution in [3.63, 3.8) is 0 Å². The zero-order valence-electron chi connectivity index (χ0n) is 13.0. The molecule has 0 aliphatic carbocycles. The fraction of sp³-hybridized carbons (Fsp3) is 0.357. The van der Waals surface area contributed by atoms with E-state index >= 15 is 0 Å².